The molecule has 1 unspecified atom stereocenters. The van der Waals surface area contributed by atoms with E-state index in [1.54, 1.807) is 4.57 Å². The molecule has 0 aromatic carbocycles. The van der Waals surface area contributed by atoms with Crippen molar-refractivity contribution in [2.24, 2.45) is 7.05 Å². The summed E-state index contributed by atoms with van der Waals surface area (Å²) in [4.78, 5) is 4.05. The summed E-state index contributed by atoms with van der Waals surface area (Å²) in [5, 5.41) is 0. The minimum Gasteiger partial charge on any atom is -0.307 e. The topological polar surface area (TPSA) is 17.8 Å². The number of hydrogen-bond donors (Lipinski definition) is 0. The zero-order chi connectivity index (χ0) is 15.9. The molecule has 122 valence electrons. The molecule has 0 amide bonds. The van der Waals surface area contributed by atoms with Crippen LogP contribution in [0.25, 0.3) is 0 Å². The van der Waals surface area contributed by atoms with Gasteiger partial charge in [0.15, 0.2) is 0 Å². The van der Waals surface area contributed by atoms with Crippen LogP contribution in [-0.2, 0) is 12.5 Å². The minimum absolute atomic E-state index is 0.0546. The van der Waals surface area contributed by atoms with E-state index in [1.165, 1.54) is 44.9 Å². The highest BCUT2D eigenvalue weighted by molar-refractivity contribution is 5.22. The van der Waals surface area contributed by atoms with Gasteiger partial charge in [-0.05, 0) is 19.8 Å². The van der Waals surface area contributed by atoms with Crippen molar-refractivity contribution < 1.29 is 4.39 Å². The molecule has 21 heavy (non-hydrogen) atoms. The van der Waals surface area contributed by atoms with Gasteiger partial charge in [0.05, 0.1) is 5.69 Å². The standard InChI is InChI=1S/C18H33FN2/c1-6-8-10-12-14-18(4,13-11-9-7-2)16-15(3)20-17(19)21(16)5/h6-14H2,1-5H3. The summed E-state index contributed by atoms with van der Waals surface area (Å²) in [5.74, 6) is 0. The highest BCUT2D eigenvalue weighted by atomic mass is 19.1. The van der Waals surface area contributed by atoms with Crippen molar-refractivity contribution in [3.05, 3.63) is 17.5 Å². The van der Waals surface area contributed by atoms with E-state index in [0.717, 1.165) is 24.2 Å². The maximum atomic E-state index is 13.8. The Balaban J connectivity index is 2.88. The third-order valence-corrected chi connectivity index (χ3v) is 4.70. The monoisotopic (exact) mass is 296 g/mol. The Morgan fingerprint density at radius 3 is 2.00 bits per heavy atom. The zero-order valence-corrected chi connectivity index (χ0v) is 14.6. The summed E-state index contributed by atoms with van der Waals surface area (Å²) in [6.07, 6.45) is 10.7. The summed E-state index contributed by atoms with van der Waals surface area (Å²) in [5.41, 5.74) is 2.02. The molecule has 0 bridgehead atoms. The van der Waals surface area contributed by atoms with Crippen molar-refractivity contribution in [2.75, 3.05) is 0 Å². The van der Waals surface area contributed by atoms with Gasteiger partial charge in [-0.2, -0.15) is 4.39 Å². The van der Waals surface area contributed by atoms with Crippen LogP contribution in [0.1, 0.15) is 89.9 Å². The lowest BCUT2D eigenvalue weighted by Crippen LogP contribution is -2.26. The minimum atomic E-state index is -0.349. The highest BCUT2D eigenvalue weighted by Gasteiger charge is 2.31. The van der Waals surface area contributed by atoms with Crippen LogP contribution < -0.4 is 0 Å². The molecule has 0 aliphatic rings. The number of aromatic nitrogens is 2. The Bertz CT molecular complexity index is 425. The van der Waals surface area contributed by atoms with E-state index in [1.807, 2.05) is 14.0 Å². The largest absolute Gasteiger partial charge is 0.307 e. The van der Waals surface area contributed by atoms with Gasteiger partial charge in [0.25, 0.3) is 6.08 Å². The van der Waals surface area contributed by atoms with Crippen molar-refractivity contribution in [2.45, 2.75) is 90.9 Å². The maximum absolute atomic E-state index is 13.8. The average Bonchev–Trinajstić information content (AvgIpc) is 2.69. The number of halogens is 1. The van der Waals surface area contributed by atoms with Crippen molar-refractivity contribution in [1.29, 1.82) is 0 Å². The van der Waals surface area contributed by atoms with Crippen LogP contribution in [0, 0.1) is 13.0 Å². The Labute approximate surface area is 130 Å². The van der Waals surface area contributed by atoms with Gasteiger partial charge in [0.2, 0.25) is 0 Å². The number of hydrogen-bond acceptors (Lipinski definition) is 1. The molecule has 0 N–H and O–H groups in total. The number of unbranched alkanes of at least 4 members (excludes halogenated alkanes) is 5. The Morgan fingerprint density at radius 2 is 1.52 bits per heavy atom. The average molecular weight is 296 g/mol. The van der Waals surface area contributed by atoms with Crippen molar-refractivity contribution in [3.8, 4) is 0 Å². The lowest BCUT2D eigenvalue weighted by atomic mass is 9.76. The first-order valence-electron chi connectivity index (χ1n) is 8.65. The summed E-state index contributed by atoms with van der Waals surface area (Å²) in [6, 6.07) is 0. The number of rotatable bonds is 10. The SMILES string of the molecule is CCCCCCC(C)(CCCCC)c1c(C)nc(F)n1C. The van der Waals surface area contributed by atoms with Crippen LogP contribution >= 0.6 is 0 Å². The molecule has 0 aliphatic carbocycles. The van der Waals surface area contributed by atoms with Gasteiger partial charge in [-0.1, -0.05) is 65.7 Å². The van der Waals surface area contributed by atoms with Gasteiger partial charge < -0.3 is 4.57 Å². The molecule has 0 aliphatic heterocycles. The van der Waals surface area contributed by atoms with Crippen LogP contribution in [0.15, 0.2) is 0 Å². The molecule has 0 spiro atoms. The van der Waals surface area contributed by atoms with Crippen LogP contribution in [0.5, 0.6) is 0 Å². The first kappa shape index (κ1) is 18.2. The number of aryl methyl sites for hydroxylation is 1. The number of imidazole rings is 1. The molecule has 2 nitrogen and oxygen atoms in total. The molecule has 1 rings (SSSR count). The Kier molecular flexibility index (Phi) is 7.41. The molecular formula is C18H33FN2. The molecule has 1 heterocycles. The van der Waals surface area contributed by atoms with E-state index in [9.17, 15) is 4.39 Å². The Morgan fingerprint density at radius 1 is 1.00 bits per heavy atom. The van der Waals surface area contributed by atoms with Gasteiger partial charge in [-0.25, -0.2) is 4.98 Å². The molecular weight excluding hydrogens is 263 g/mol. The van der Waals surface area contributed by atoms with E-state index in [-0.39, 0.29) is 11.5 Å². The van der Waals surface area contributed by atoms with E-state index in [2.05, 4.69) is 25.8 Å². The van der Waals surface area contributed by atoms with E-state index in [0.29, 0.717) is 0 Å². The molecule has 0 saturated carbocycles. The second-order valence-electron chi connectivity index (χ2n) is 6.70. The fraction of sp³-hybridized carbons (Fsp3) is 0.833. The molecule has 3 heteroatoms. The third kappa shape index (κ3) is 4.82. The summed E-state index contributed by atoms with van der Waals surface area (Å²) in [7, 11) is 1.81. The lowest BCUT2D eigenvalue weighted by Gasteiger charge is -2.31. The summed E-state index contributed by atoms with van der Waals surface area (Å²) < 4.78 is 15.5. The second kappa shape index (κ2) is 8.55. The van der Waals surface area contributed by atoms with Crippen molar-refractivity contribution >= 4 is 0 Å². The molecule has 1 atom stereocenters. The first-order valence-corrected chi connectivity index (χ1v) is 8.65. The Hall–Kier alpha value is -0.860. The predicted molar refractivity (Wildman–Crippen MR) is 88.2 cm³/mol. The van der Waals surface area contributed by atoms with Crippen LogP contribution in [0.3, 0.4) is 0 Å². The van der Waals surface area contributed by atoms with Gasteiger partial charge in [-0.3, -0.25) is 0 Å². The maximum Gasteiger partial charge on any atom is 0.289 e. The molecule has 0 saturated heterocycles. The third-order valence-electron chi connectivity index (χ3n) is 4.70. The molecule has 0 fully saturated rings. The smallest absolute Gasteiger partial charge is 0.289 e. The predicted octanol–water partition coefficient (Wildman–Crippen LogP) is 5.68. The lowest BCUT2D eigenvalue weighted by molar-refractivity contribution is 0.340. The quantitative estimate of drug-likeness (QED) is 0.508. The van der Waals surface area contributed by atoms with Gasteiger partial charge >= 0.3 is 0 Å². The normalized spacial score (nSPS) is 14.4. The summed E-state index contributed by atoms with van der Waals surface area (Å²) >= 11 is 0. The molecule has 1 aromatic heterocycles. The second-order valence-corrected chi connectivity index (χ2v) is 6.70. The van der Waals surface area contributed by atoms with E-state index in [4.69, 9.17) is 0 Å². The van der Waals surface area contributed by atoms with Crippen molar-refractivity contribution in [3.63, 3.8) is 0 Å². The first-order chi connectivity index (χ1) is 9.96. The van der Waals surface area contributed by atoms with Gasteiger partial charge in [0, 0.05) is 18.2 Å². The van der Waals surface area contributed by atoms with Crippen molar-refractivity contribution in [1.82, 2.24) is 9.55 Å². The highest BCUT2D eigenvalue weighted by Crippen LogP contribution is 2.37. The van der Waals surface area contributed by atoms with Gasteiger partial charge in [-0.15, -0.1) is 0 Å². The van der Waals surface area contributed by atoms with Gasteiger partial charge in [0.1, 0.15) is 0 Å². The van der Waals surface area contributed by atoms with Crippen LogP contribution in [-0.4, -0.2) is 9.55 Å². The fourth-order valence-electron chi connectivity index (χ4n) is 3.51. The molecule has 0 radical (unpaired) electrons. The van der Waals surface area contributed by atoms with Crippen LogP contribution in [0.4, 0.5) is 4.39 Å². The van der Waals surface area contributed by atoms with E-state index >= 15 is 0 Å². The fourth-order valence-corrected chi connectivity index (χ4v) is 3.51. The zero-order valence-electron chi connectivity index (χ0n) is 14.6. The van der Waals surface area contributed by atoms with Crippen LogP contribution in [0.2, 0.25) is 0 Å². The number of nitrogens with zero attached hydrogens (tertiary/aromatic N) is 2. The van der Waals surface area contributed by atoms with E-state index < -0.39 is 0 Å². The molecule has 1 aromatic rings. The summed E-state index contributed by atoms with van der Waals surface area (Å²) in [6.45, 7) is 8.72.